The molecule has 154 valence electrons. The minimum absolute atomic E-state index is 0.180. The topological polar surface area (TPSA) is 84.7 Å². The summed E-state index contributed by atoms with van der Waals surface area (Å²) in [7, 11) is 0. The summed E-state index contributed by atoms with van der Waals surface area (Å²) >= 11 is 0. The van der Waals surface area contributed by atoms with E-state index in [0.717, 1.165) is 22.6 Å². The summed E-state index contributed by atoms with van der Waals surface area (Å²) in [6, 6.07) is 17.2. The van der Waals surface area contributed by atoms with Gasteiger partial charge in [-0.1, -0.05) is 24.3 Å². The van der Waals surface area contributed by atoms with Crippen molar-refractivity contribution in [2.75, 3.05) is 10.6 Å². The summed E-state index contributed by atoms with van der Waals surface area (Å²) in [4.78, 5) is 25.1. The maximum atomic E-state index is 12.2. The summed E-state index contributed by atoms with van der Waals surface area (Å²) < 4.78 is 1.82. The summed E-state index contributed by atoms with van der Waals surface area (Å²) in [5.74, 6) is 1.88. The zero-order valence-electron chi connectivity index (χ0n) is 17.3. The van der Waals surface area contributed by atoms with Crippen LogP contribution in [0.3, 0.4) is 0 Å². The van der Waals surface area contributed by atoms with Gasteiger partial charge in [0, 0.05) is 35.9 Å². The molecule has 7 heteroatoms. The molecule has 0 atom stereocenters. The van der Waals surface area contributed by atoms with Crippen molar-refractivity contribution in [3.05, 3.63) is 96.3 Å². The standard InChI is InChI=1S/C24H22N6O/c1-17-5-3-4-6-19(17)7-12-24(31)29-21-10-8-20(9-11-21)28-22-15-23(27-18(2)26-22)30-14-13-25-16-30/h3-16H,1-2H3,(H,29,31)(H,26,27,28)/b12-7+. The van der Waals surface area contributed by atoms with Crippen molar-refractivity contribution in [3.63, 3.8) is 0 Å². The van der Waals surface area contributed by atoms with Crippen LogP contribution in [0.1, 0.15) is 17.0 Å². The minimum atomic E-state index is -0.180. The Balaban J connectivity index is 1.41. The Bertz CT molecular complexity index is 1210. The zero-order chi connectivity index (χ0) is 21.6. The number of amides is 1. The number of aryl methyl sites for hydroxylation is 2. The van der Waals surface area contributed by atoms with Crippen LogP contribution < -0.4 is 10.6 Å². The molecule has 0 unspecified atom stereocenters. The molecule has 0 radical (unpaired) electrons. The molecule has 0 spiro atoms. The van der Waals surface area contributed by atoms with Crippen LogP contribution in [0.4, 0.5) is 17.2 Å². The molecule has 0 fully saturated rings. The van der Waals surface area contributed by atoms with Gasteiger partial charge in [0.25, 0.3) is 0 Å². The van der Waals surface area contributed by atoms with Gasteiger partial charge in [0.2, 0.25) is 5.91 Å². The highest BCUT2D eigenvalue weighted by Gasteiger charge is 2.05. The van der Waals surface area contributed by atoms with E-state index in [0.29, 0.717) is 17.3 Å². The third-order valence-electron chi connectivity index (χ3n) is 4.62. The monoisotopic (exact) mass is 410 g/mol. The highest BCUT2D eigenvalue weighted by molar-refractivity contribution is 6.02. The highest BCUT2D eigenvalue weighted by Crippen LogP contribution is 2.19. The summed E-state index contributed by atoms with van der Waals surface area (Å²) in [6.07, 6.45) is 8.58. The van der Waals surface area contributed by atoms with Crippen LogP contribution in [0.5, 0.6) is 0 Å². The summed E-state index contributed by atoms with van der Waals surface area (Å²) in [6.45, 7) is 3.86. The van der Waals surface area contributed by atoms with Crippen LogP contribution in [0.25, 0.3) is 11.9 Å². The molecule has 0 bridgehead atoms. The van der Waals surface area contributed by atoms with Gasteiger partial charge in [-0.15, -0.1) is 0 Å². The van der Waals surface area contributed by atoms with E-state index in [2.05, 4.69) is 25.6 Å². The number of benzene rings is 2. The third-order valence-corrected chi connectivity index (χ3v) is 4.62. The van der Waals surface area contributed by atoms with Gasteiger partial charge in [-0.25, -0.2) is 15.0 Å². The molecule has 0 saturated heterocycles. The van der Waals surface area contributed by atoms with Crippen molar-refractivity contribution in [2.24, 2.45) is 0 Å². The van der Waals surface area contributed by atoms with Crippen LogP contribution >= 0.6 is 0 Å². The van der Waals surface area contributed by atoms with Gasteiger partial charge in [-0.3, -0.25) is 9.36 Å². The number of nitrogens with zero attached hydrogens (tertiary/aromatic N) is 4. The Kier molecular flexibility index (Phi) is 5.84. The lowest BCUT2D eigenvalue weighted by atomic mass is 10.1. The van der Waals surface area contributed by atoms with E-state index >= 15 is 0 Å². The van der Waals surface area contributed by atoms with Crippen molar-refractivity contribution in [1.29, 1.82) is 0 Å². The number of hydrogen-bond donors (Lipinski definition) is 2. The minimum Gasteiger partial charge on any atom is -0.340 e. The molecular formula is C24H22N6O. The average Bonchev–Trinajstić information content (AvgIpc) is 3.29. The molecule has 4 aromatic rings. The fraction of sp³-hybridized carbons (Fsp3) is 0.0833. The van der Waals surface area contributed by atoms with Gasteiger partial charge in [-0.05, 0) is 55.3 Å². The molecule has 2 heterocycles. The number of aromatic nitrogens is 4. The number of nitrogens with one attached hydrogen (secondary N) is 2. The van der Waals surface area contributed by atoms with Gasteiger partial charge in [0.1, 0.15) is 23.8 Å². The SMILES string of the molecule is Cc1nc(Nc2ccc(NC(=O)/C=C/c3ccccc3C)cc2)cc(-n2ccnc2)n1. The number of carbonyl (C=O) groups is 1. The first-order valence-electron chi connectivity index (χ1n) is 9.83. The van der Waals surface area contributed by atoms with E-state index in [1.165, 1.54) is 6.08 Å². The van der Waals surface area contributed by atoms with Gasteiger partial charge in [-0.2, -0.15) is 0 Å². The first-order valence-corrected chi connectivity index (χ1v) is 9.83. The van der Waals surface area contributed by atoms with Crippen LogP contribution in [0, 0.1) is 13.8 Å². The molecule has 31 heavy (non-hydrogen) atoms. The largest absolute Gasteiger partial charge is 0.340 e. The van der Waals surface area contributed by atoms with Crippen molar-refractivity contribution < 1.29 is 4.79 Å². The average molecular weight is 410 g/mol. The summed E-state index contributed by atoms with van der Waals surface area (Å²) in [5, 5.41) is 6.14. The van der Waals surface area contributed by atoms with Crippen molar-refractivity contribution in [1.82, 2.24) is 19.5 Å². The lowest BCUT2D eigenvalue weighted by molar-refractivity contribution is -0.111. The Labute approximate surface area is 180 Å². The lowest BCUT2D eigenvalue weighted by Crippen LogP contribution is -2.07. The van der Waals surface area contributed by atoms with Gasteiger partial charge >= 0.3 is 0 Å². The number of carbonyl (C=O) groups excluding carboxylic acids is 1. The van der Waals surface area contributed by atoms with Crippen LogP contribution in [-0.2, 0) is 4.79 Å². The van der Waals surface area contributed by atoms with E-state index < -0.39 is 0 Å². The normalized spacial score (nSPS) is 10.9. The van der Waals surface area contributed by atoms with Gasteiger partial charge in [0.15, 0.2) is 0 Å². The highest BCUT2D eigenvalue weighted by atomic mass is 16.1. The fourth-order valence-electron chi connectivity index (χ4n) is 3.05. The number of imidazole rings is 1. The maximum absolute atomic E-state index is 12.2. The van der Waals surface area contributed by atoms with Gasteiger partial charge < -0.3 is 10.6 Å². The van der Waals surface area contributed by atoms with Crippen molar-refractivity contribution in [2.45, 2.75) is 13.8 Å². The molecule has 2 aromatic carbocycles. The lowest BCUT2D eigenvalue weighted by Gasteiger charge is -2.10. The maximum Gasteiger partial charge on any atom is 0.248 e. The second-order valence-corrected chi connectivity index (χ2v) is 7.01. The fourth-order valence-corrected chi connectivity index (χ4v) is 3.05. The Hall–Kier alpha value is -4.26. The molecule has 0 aliphatic carbocycles. The van der Waals surface area contributed by atoms with E-state index in [1.807, 2.05) is 85.3 Å². The van der Waals surface area contributed by atoms with Crippen LogP contribution in [-0.4, -0.2) is 25.4 Å². The van der Waals surface area contributed by atoms with Crippen LogP contribution in [0.2, 0.25) is 0 Å². The smallest absolute Gasteiger partial charge is 0.248 e. The molecule has 2 N–H and O–H groups in total. The van der Waals surface area contributed by atoms with E-state index in [-0.39, 0.29) is 5.91 Å². The Morgan fingerprint density at radius 3 is 2.52 bits per heavy atom. The second kappa shape index (κ2) is 9.04. The molecule has 4 rings (SSSR count). The van der Waals surface area contributed by atoms with E-state index in [9.17, 15) is 4.79 Å². The third kappa shape index (κ3) is 5.22. The quantitative estimate of drug-likeness (QED) is 0.451. The molecular weight excluding hydrogens is 388 g/mol. The molecule has 0 saturated carbocycles. The van der Waals surface area contributed by atoms with Crippen molar-refractivity contribution >= 4 is 29.2 Å². The first kappa shape index (κ1) is 20.0. The molecule has 0 aliphatic rings. The predicted octanol–water partition coefficient (Wildman–Crippen LogP) is 4.67. The molecule has 0 aliphatic heterocycles. The van der Waals surface area contributed by atoms with E-state index in [1.54, 1.807) is 12.5 Å². The van der Waals surface area contributed by atoms with E-state index in [4.69, 9.17) is 0 Å². The zero-order valence-corrected chi connectivity index (χ0v) is 17.3. The first-order chi connectivity index (χ1) is 15.1. The summed E-state index contributed by atoms with van der Waals surface area (Å²) in [5.41, 5.74) is 3.71. The Morgan fingerprint density at radius 2 is 1.77 bits per heavy atom. The number of hydrogen-bond acceptors (Lipinski definition) is 5. The predicted molar refractivity (Wildman–Crippen MR) is 122 cm³/mol. The number of anilines is 3. The molecule has 1 amide bonds. The Morgan fingerprint density at radius 1 is 1.00 bits per heavy atom. The second-order valence-electron chi connectivity index (χ2n) is 7.01. The van der Waals surface area contributed by atoms with Crippen LogP contribution in [0.15, 0.2) is 79.4 Å². The molecule has 2 aromatic heterocycles. The molecule has 7 nitrogen and oxygen atoms in total. The van der Waals surface area contributed by atoms with Gasteiger partial charge in [0.05, 0.1) is 0 Å². The number of rotatable bonds is 6. The van der Waals surface area contributed by atoms with Crippen molar-refractivity contribution in [3.8, 4) is 5.82 Å².